The van der Waals surface area contributed by atoms with Crippen LogP contribution < -0.4 is 5.32 Å². The minimum absolute atomic E-state index is 0.0813. The van der Waals surface area contributed by atoms with Crippen molar-refractivity contribution in [3.05, 3.63) is 0 Å². The Hall–Kier alpha value is -0.300. The van der Waals surface area contributed by atoms with Crippen molar-refractivity contribution in [2.24, 2.45) is 0 Å². The normalized spacial score (nSPS) is 14.7. The second-order valence-corrected chi connectivity index (χ2v) is 4.47. The third-order valence-electron chi connectivity index (χ3n) is 1.72. The van der Waals surface area contributed by atoms with Crippen LogP contribution >= 0.6 is 11.8 Å². The van der Waals surface area contributed by atoms with Gasteiger partial charge in [0.05, 0.1) is 24.6 Å². The molecule has 0 saturated heterocycles. The van der Waals surface area contributed by atoms with Gasteiger partial charge in [0.15, 0.2) is 0 Å². The lowest BCUT2D eigenvalue weighted by Crippen LogP contribution is -2.34. The summed E-state index contributed by atoms with van der Waals surface area (Å²) in [5.41, 5.74) is 0. The molecule has 1 amide bonds. The van der Waals surface area contributed by atoms with Gasteiger partial charge in [-0.1, -0.05) is 0 Å². The zero-order valence-electron chi connectivity index (χ0n) is 9.10. The van der Waals surface area contributed by atoms with E-state index >= 15 is 0 Å². The molecule has 6 heteroatoms. The van der Waals surface area contributed by atoms with E-state index in [0.29, 0.717) is 18.9 Å². The summed E-state index contributed by atoms with van der Waals surface area (Å²) in [6.07, 6.45) is -0.760. The van der Waals surface area contributed by atoms with E-state index in [2.05, 4.69) is 5.32 Å². The highest BCUT2D eigenvalue weighted by atomic mass is 32.2. The molecule has 0 fully saturated rings. The number of carbonyl (C=O) groups is 1. The first kappa shape index (κ1) is 14.7. The number of aliphatic hydroxyl groups excluding tert-OH is 2. The summed E-state index contributed by atoms with van der Waals surface area (Å²) in [5.74, 6) is 0.275. The summed E-state index contributed by atoms with van der Waals surface area (Å²) in [7, 11) is 1.57. The average Bonchev–Trinajstić information content (AvgIpc) is 2.25. The van der Waals surface area contributed by atoms with E-state index < -0.39 is 6.10 Å². The maximum atomic E-state index is 11.4. The van der Waals surface area contributed by atoms with Crippen LogP contribution in [0.5, 0.6) is 0 Å². The van der Waals surface area contributed by atoms with E-state index in [1.165, 1.54) is 11.8 Å². The van der Waals surface area contributed by atoms with Crippen molar-refractivity contribution < 1.29 is 19.7 Å². The summed E-state index contributed by atoms with van der Waals surface area (Å²) < 4.78 is 4.79. The number of carbonyl (C=O) groups excluding carboxylic acids is 1. The first-order valence-electron chi connectivity index (χ1n) is 4.79. The molecule has 0 aliphatic heterocycles. The number of nitrogens with one attached hydrogen (secondary N) is 1. The van der Waals surface area contributed by atoms with Gasteiger partial charge in [0.25, 0.3) is 0 Å². The molecule has 0 aromatic heterocycles. The molecular weight excluding hydrogens is 218 g/mol. The van der Waals surface area contributed by atoms with Crippen molar-refractivity contribution in [1.29, 1.82) is 0 Å². The number of amides is 1. The third kappa shape index (κ3) is 7.61. The molecule has 2 unspecified atom stereocenters. The highest BCUT2D eigenvalue weighted by Gasteiger charge is 2.14. The molecule has 0 saturated carbocycles. The van der Waals surface area contributed by atoms with Crippen LogP contribution in [-0.4, -0.2) is 60.1 Å². The van der Waals surface area contributed by atoms with Gasteiger partial charge >= 0.3 is 0 Å². The van der Waals surface area contributed by atoms with Gasteiger partial charge in [-0.2, -0.15) is 0 Å². The molecular formula is C9H19NO4S. The fraction of sp³-hybridized carbons (Fsp3) is 0.889. The Bertz CT molecular complexity index is 179. The quantitative estimate of drug-likeness (QED) is 0.483. The third-order valence-corrected chi connectivity index (χ3v) is 3.02. The van der Waals surface area contributed by atoms with Crippen molar-refractivity contribution in [2.45, 2.75) is 18.3 Å². The SMILES string of the molecule is COCCNC(=O)C(C)SCC(O)CO. The Labute approximate surface area is 94.2 Å². The Morgan fingerprint density at radius 3 is 2.80 bits per heavy atom. The van der Waals surface area contributed by atoms with Crippen LogP contribution in [0.15, 0.2) is 0 Å². The summed E-state index contributed by atoms with van der Waals surface area (Å²) in [5, 5.41) is 20.1. The maximum Gasteiger partial charge on any atom is 0.232 e. The van der Waals surface area contributed by atoms with Crippen LogP contribution in [0.2, 0.25) is 0 Å². The smallest absolute Gasteiger partial charge is 0.232 e. The number of aliphatic hydroxyl groups is 2. The summed E-state index contributed by atoms with van der Waals surface area (Å²) in [4.78, 5) is 11.4. The molecule has 0 heterocycles. The van der Waals surface area contributed by atoms with Crippen LogP contribution in [0.25, 0.3) is 0 Å². The molecule has 0 aliphatic carbocycles. The van der Waals surface area contributed by atoms with Crippen molar-refractivity contribution >= 4 is 17.7 Å². The van der Waals surface area contributed by atoms with Gasteiger partial charge in [0, 0.05) is 19.4 Å². The zero-order chi connectivity index (χ0) is 11.7. The van der Waals surface area contributed by atoms with Crippen LogP contribution in [0, 0.1) is 0 Å². The van der Waals surface area contributed by atoms with Gasteiger partial charge in [-0.05, 0) is 6.92 Å². The molecule has 0 spiro atoms. The van der Waals surface area contributed by atoms with Crippen LogP contribution in [0.1, 0.15) is 6.92 Å². The predicted molar refractivity (Wildman–Crippen MR) is 59.9 cm³/mol. The first-order valence-corrected chi connectivity index (χ1v) is 5.83. The molecule has 3 N–H and O–H groups in total. The summed E-state index contributed by atoms with van der Waals surface area (Å²) >= 11 is 1.31. The fourth-order valence-corrected chi connectivity index (χ4v) is 1.65. The fourth-order valence-electron chi connectivity index (χ4n) is 0.804. The minimum Gasteiger partial charge on any atom is -0.394 e. The van der Waals surface area contributed by atoms with Crippen LogP contribution in [-0.2, 0) is 9.53 Å². The number of hydrogen-bond acceptors (Lipinski definition) is 5. The van der Waals surface area contributed by atoms with E-state index in [-0.39, 0.29) is 17.8 Å². The topological polar surface area (TPSA) is 78.8 Å². The largest absolute Gasteiger partial charge is 0.394 e. The lowest BCUT2D eigenvalue weighted by Gasteiger charge is -2.13. The van der Waals surface area contributed by atoms with Gasteiger partial charge in [0.1, 0.15) is 0 Å². The number of rotatable bonds is 8. The van der Waals surface area contributed by atoms with Gasteiger partial charge in [-0.15, -0.1) is 11.8 Å². The van der Waals surface area contributed by atoms with E-state index in [4.69, 9.17) is 14.9 Å². The second kappa shape index (κ2) is 8.96. The molecule has 0 rings (SSSR count). The molecule has 90 valence electrons. The second-order valence-electron chi connectivity index (χ2n) is 3.10. The van der Waals surface area contributed by atoms with Crippen LogP contribution in [0.4, 0.5) is 0 Å². The molecule has 0 aromatic carbocycles. The minimum atomic E-state index is -0.760. The average molecular weight is 237 g/mol. The number of thioether (sulfide) groups is 1. The lowest BCUT2D eigenvalue weighted by atomic mass is 10.4. The van der Waals surface area contributed by atoms with E-state index in [9.17, 15) is 4.79 Å². The Kier molecular flexibility index (Phi) is 8.79. The Morgan fingerprint density at radius 1 is 1.60 bits per heavy atom. The molecule has 5 nitrogen and oxygen atoms in total. The highest BCUT2D eigenvalue weighted by Crippen LogP contribution is 2.11. The molecule has 2 atom stereocenters. The number of ether oxygens (including phenoxy) is 1. The van der Waals surface area contributed by atoms with E-state index in [0.717, 1.165) is 0 Å². The summed E-state index contributed by atoms with van der Waals surface area (Å²) in [6, 6.07) is 0. The van der Waals surface area contributed by atoms with Gasteiger partial charge < -0.3 is 20.3 Å². The maximum absolute atomic E-state index is 11.4. The highest BCUT2D eigenvalue weighted by molar-refractivity contribution is 8.00. The molecule has 15 heavy (non-hydrogen) atoms. The Morgan fingerprint density at radius 2 is 2.27 bits per heavy atom. The first-order chi connectivity index (χ1) is 7.11. The Balaban J connectivity index is 3.60. The van der Waals surface area contributed by atoms with Gasteiger partial charge in [0.2, 0.25) is 5.91 Å². The van der Waals surface area contributed by atoms with Crippen molar-refractivity contribution in [3.8, 4) is 0 Å². The van der Waals surface area contributed by atoms with Crippen LogP contribution in [0.3, 0.4) is 0 Å². The molecule has 0 aromatic rings. The molecule has 0 bridgehead atoms. The van der Waals surface area contributed by atoms with E-state index in [1.807, 2.05) is 0 Å². The van der Waals surface area contributed by atoms with Crippen molar-refractivity contribution in [3.63, 3.8) is 0 Å². The zero-order valence-corrected chi connectivity index (χ0v) is 9.92. The lowest BCUT2D eigenvalue weighted by molar-refractivity contribution is -0.120. The monoisotopic (exact) mass is 237 g/mol. The van der Waals surface area contributed by atoms with Crippen molar-refractivity contribution in [1.82, 2.24) is 5.32 Å². The number of methoxy groups -OCH3 is 1. The van der Waals surface area contributed by atoms with Crippen molar-refractivity contribution in [2.75, 3.05) is 32.6 Å². The molecule has 0 aliphatic rings. The predicted octanol–water partition coefficient (Wildman–Crippen LogP) is -0.776. The standard InChI is InChI=1S/C9H19NO4S/c1-7(15-6-8(12)5-11)9(13)10-3-4-14-2/h7-8,11-12H,3-6H2,1-2H3,(H,10,13). The molecule has 0 radical (unpaired) electrons. The van der Waals surface area contributed by atoms with Gasteiger partial charge in [-0.3, -0.25) is 4.79 Å². The van der Waals surface area contributed by atoms with E-state index in [1.54, 1.807) is 14.0 Å². The van der Waals surface area contributed by atoms with Gasteiger partial charge in [-0.25, -0.2) is 0 Å². The number of hydrogen-bond donors (Lipinski definition) is 3. The summed E-state index contributed by atoms with van der Waals surface area (Å²) in [6.45, 7) is 2.47.